The van der Waals surface area contributed by atoms with E-state index in [4.69, 9.17) is 15.8 Å². The number of hydrogen-bond acceptors (Lipinski definition) is 6. The molecule has 4 N–H and O–H groups in total. The molecule has 0 atom stereocenters. The summed E-state index contributed by atoms with van der Waals surface area (Å²) in [6, 6.07) is 0. The molecule has 0 radical (unpaired) electrons. The van der Waals surface area contributed by atoms with E-state index in [0.717, 1.165) is 0 Å². The molecule has 0 saturated heterocycles. The maximum Gasteiger partial charge on any atom is 0.297 e. The highest BCUT2D eigenvalue weighted by Crippen LogP contribution is 2.24. The number of aromatic hydroxyl groups is 1. The molecule has 1 heterocycles. The van der Waals surface area contributed by atoms with E-state index in [1.807, 2.05) is 0 Å². The molecule has 0 aromatic carbocycles. The molecule has 1 rings (SSSR count). The quantitative estimate of drug-likeness (QED) is 0.194. The number of aliphatic hydroxyl groups is 1. The number of pyridine rings is 1. The number of carbonyl (C=O) groups excluding carboxylic acids is 1. The van der Waals surface area contributed by atoms with Crippen LogP contribution in [0.2, 0.25) is 0 Å². The van der Waals surface area contributed by atoms with Gasteiger partial charge in [0.15, 0.2) is 11.4 Å². The molecule has 0 saturated carbocycles. The van der Waals surface area contributed by atoms with E-state index < -0.39 is 24.0 Å². The van der Waals surface area contributed by atoms with Crippen LogP contribution in [0.5, 0.6) is 5.75 Å². The lowest BCUT2D eigenvalue weighted by Crippen LogP contribution is -2.20. The van der Waals surface area contributed by atoms with Crippen molar-refractivity contribution in [2.45, 2.75) is 13.2 Å². The predicted molar refractivity (Wildman–Crippen MR) is 53.9 cm³/mol. The lowest BCUT2D eigenvalue weighted by atomic mass is 10.1. The van der Waals surface area contributed by atoms with Gasteiger partial charge in [-0.2, -0.15) is 0 Å². The van der Waals surface area contributed by atoms with E-state index in [2.05, 4.69) is 15.0 Å². The summed E-state index contributed by atoms with van der Waals surface area (Å²) in [5.41, 5.74) is 9.35. The lowest BCUT2D eigenvalue weighted by molar-refractivity contribution is 0.0697. The van der Waals surface area contributed by atoms with Crippen LogP contribution in [-0.2, 0) is 13.2 Å². The van der Waals surface area contributed by atoms with E-state index in [9.17, 15) is 9.90 Å². The number of aliphatic hydroxyl groups excluding tert-OH is 1. The molecule has 0 aliphatic rings. The van der Waals surface area contributed by atoms with Crippen LogP contribution in [0.25, 0.3) is 10.4 Å². The first-order valence-corrected chi connectivity index (χ1v) is 4.41. The van der Waals surface area contributed by atoms with Crippen molar-refractivity contribution in [3.05, 3.63) is 33.5 Å². The number of azide groups is 1. The first kappa shape index (κ1) is 12.7. The normalized spacial score (nSPS) is 9.53. The van der Waals surface area contributed by atoms with Crippen molar-refractivity contribution in [2.24, 2.45) is 5.11 Å². The zero-order chi connectivity index (χ0) is 12.8. The van der Waals surface area contributed by atoms with Crippen molar-refractivity contribution < 1.29 is 20.2 Å². The Kier molecular flexibility index (Phi) is 4.23. The molecule has 1 amide bonds. The third-order valence-electron chi connectivity index (χ3n) is 2.03. The van der Waals surface area contributed by atoms with Crippen molar-refractivity contribution in [1.29, 1.82) is 0 Å². The van der Waals surface area contributed by atoms with Gasteiger partial charge in [-0.3, -0.25) is 10.0 Å². The maximum atomic E-state index is 11.1. The number of nitrogens with one attached hydrogen (secondary N) is 1. The summed E-state index contributed by atoms with van der Waals surface area (Å²) in [6.45, 7) is -0.676. The summed E-state index contributed by atoms with van der Waals surface area (Å²) in [5, 5.41) is 30.4. The van der Waals surface area contributed by atoms with E-state index in [0.29, 0.717) is 0 Å². The number of aromatic nitrogens is 1. The van der Waals surface area contributed by atoms with Crippen molar-refractivity contribution in [1.82, 2.24) is 10.5 Å². The molecule has 0 aliphatic carbocycles. The molecular weight excluding hydrogens is 230 g/mol. The second kappa shape index (κ2) is 5.66. The molecule has 17 heavy (non-hydrogen) atoms. The SMILES string of the molecule is [N-]=[N+]=NCc1cnc(C(=O)NO)c(O)c1CO. The average molecular weight is 239 g/mol. The number of nitrogens with zero attached hydrogens (tertiary/aromatic N) is 4. The third-order valence-corrected chi connectivity index (χ3v) is 2.03. The van der Waals surface area contributed by atoms with Crippen LogP contribution in [0.1, 0.15) is 21.6 Å². The van der Waals surface area contributed by atoms with E-state index in [1.165, 1.54) is 11.7 Å². The highest BCUT2D eigenvalue weighted by molar-refractivity contribution is 5.94. The van der Waals surface area contributed by atoms with Crippen LogP contribution >= 0.6 is 0 Å². The minimum atomic E-state index is -1.01. The summed E-state index contributed by atoms with van der Waals surface area (Å²) in [6.07, 6.45) is 1.17. The first-order chi connectivity index (χ1) is 8.15. The molecule has 0 fully saturated rings. The summed E-state index contributed by atoms with van der Waals surface area (Å²) >= 11 is 0. The van der Waals surface area contributed by atoms with Crippen molar-refractivity contribution in [2.75, 3.05) is 0 Å². The molecule has 9 nitrogen and oxygen atoms in total. The smallest absolute Gasteiger partial charge is 0.297 e. The van der Waals surface area contributed by atoms with E-state index >= 15 is 0 Å². The van der Waals surface area contributed by atoms with Crippen LogP contribution in [-0.4, -0.2) is 26.3 Å². The predicted octanol–water partition coefficient (Wildman–Crippen LogP) is 0.209. The van der Waals surface area contributed by atoms with Crippen LogP contribution in [0, 0.1) is 0 Å². The topological polar surface area (TPSA) is 151 Å². The number of hydroxylamine groups is 1. The fraction of sp³-hybridized carbons (Fsp3) is 0.250. The van der Waals surface area contributed by atoms with Gasteiger partial charge in [0.1, 0.15) is 0 Å². The van der Waals surface area contributed by atoms with Gasteiger partial charge in [0.2, 0.25) is 0 Å². The molecule has 90 valence electrons. The lowest BCUT2D eigenvalue weighted by Gasteiger charge is -2.09. The Morgan fingerprint density at radius 1 is 1.65 bits per heavy atom. The molecule has 1 aromatic rings. The van der Waals surface area contributed by atoms with Crippen LogP contribution < -0.4 is 5.48 Å². The second-order valence-corrected chi connectivity index (χ2v) is 2.95. The summed E-state index contributed by atoms with van der Waals surface area (Å²) in [4.78, 5) is 17.2. The number of rotatable bonds is 4. The van der Waals surface area contributed by atoms with Crippen molar-refractivity contribution >= 4 is 5.91 Å². The molecule has 9 heteroatoms. The summed E-state index contributed by atoms with van der Waals surface area (Å²) < 4.78 is 0. The van der Waals surface area contributed by atoms with Crippen molar-refractivity contribution in [3.63, 3.8) is 0 Å². The van der Waals surface area contributed by atoms with Crippen molar-refractivity contribution in [3.8, 4) is 5.75 Å². The number of hydrogen-bond donors (Lipinski definition) is 4. The van der Waals surface area contributed by atoms with E-state index in [-0.39, 0.29) is 17.7 Å². The fourth-order valence-corrected chi connectivity index (χ4v) is 1.22. The summed E-state index contributed by atoms with van der Waals surface area (Å²) in [5.74, 6) is -1.57. The summed E-state index contributed by atoms with van der Waals surface area (Å²) in [7, 11) is 0. The Bertz CT molecular complexity index is 483. The standard InChI is InChI=1S/C8H9N5O4/c9-13-11-2-4-1-10-6(8(16)12-17)7(15)5(4)3-14/h1,14-15,17H,2-3H2,(H,12,16). The highest BCUT2D eigenvalue weighted by atomic mass is 16.5. The van der Waals surface area contributed by atoms with Gasteiger partial charge in [-0.25, -0.2) is 10.5 Å². The average Bonchev–Trinajstić information content (AvgIpc) is 2.35. The number of carbonyl (C=O) groups is 1. The Balaban J connectivity index is 3.26. The largest absolute Gasteiger partial charge is 0.505 e. The molecular formula is C8H9N5O4. The zero-order valence-electron chi connectivity index (χ0n) is 8.53. The number of amides is 1. The van der Waals surface area contributed by atoms with Gasteiger partial charge >= 0.3 is 0 Å². The highest BCUT2D eigenvalue weighted by Gasteiger charge is 2.18. The van der Waals surface area contributed by atoms with Crippen LogP contribution in [0.3, 0.4) is 0 Å². The minimum Gasteiger partial charge on any atom is -0.505 e. The minimum absolute atomic E-state index is 0.0194. The molecule has 0 bridgehead atoms. The Labute approximate surface area is 94.9 Å². The van der Waals surface area contributed by atoms with Gasteiger partial charge in [0.25, 0.3) is 5.91 Å². The first-order valence-electron chi connectivity index (χ1n) is 4.41. The zero-order valence-corrected chi connectivity index (χ0v) is 8.53. The molecule has 0 spiro atoms. The van der Waals surface area contributed by atoms with Crippen LogP contribution in [0.15, 0.2) is 11.3 Å². The molecule has 1 aromatic heterocycles. The van der Waals surface area contributed by atoms with Crippen LogP contribution in [0.4, 0.5) is 0 Å². The van der Waals surface area contributed by atoms with Gasteiger partial charge in [-0.05, 0) is 11.1 Å². The van der Waals surface area contributed by atoms with Gasteiger partial charge in [0.05, 0.1) is 13.2 Å². The molecule has 0 unspecified atom stereocenters. The monoisotopic (exact) mass is 239 g/mol. The van der Waals surface area contributed by atoms with Gasteiger partial charge in [-0.15, -0.1) is 0 Å². The maximum absolute atomic E-state index is 11.1. The Morgan fingerprint density at radius 2 is 2.35 bits per heavy atom. The van der Waals surface area contributed by atoms with Gasteiger partial charge < -0.3 is 10.2 Å². The Morgan fingerprint density at radius 3 is 2.88 bits per heavy atom. The Hall–Kier alpha value is -2.35. The van der Waals surface area contributed by atoms with Gasteiger partial charge in [0, 0.05) is 16.7 Å². The fourth-order valence-electron chi connectivity index (χ4n) is 1.22. The third kappa shape index (κ3) is 2.61. The van der Waals surface area contributed by atoms with Gasteiger partial charge in [-0.1, -0.05) is 5.11 Å². The second-order valence-electron chi connectivity index (χ2n) is 2.95. The van der Waals surface area contributed by atoms with E-state index in [1.54, 1.807) is 0 Å². The molecule has 0 aliphatic heterocycles.